The fraction of sp³-hybridized carbons (Fsp3) is 1.00. The zero-order valence-electron chi connectivity index (χ0n) is 9.57. The van der Waals surface area contributed by atoms with Gasteiger partial charge in [-0.1, -0.05) is 0 Å². The van der Waals surface area contributed by atoms with E-state index in [9.17, 15) is 8.42 Å². The molecule has 0 spiro atoms. The Morgan fingerprint density at radius 1 is 1.50 bits per heavy atom. The average Bonchev–Trinajstić information content (AvgIpc) is 2.68. The number of rotatable bonds is 7. The van der Waals surface area contributed by atoms with Gasteiger partial charge >= 0.3 is 0 Å². The second kappa shape index (κ2) is 8.25. The Morgan fingerprint density at radius 2 is 2.25 bits per heavy atom. The van der Waals surface area contributed by atoms with Crippen LogP contribution >= 0.6 is 12.4 Å². The number of ether oxygens (including phenoxy) is 1. The Bertz CT molecular complexity index is 266. The lowest BCUT2D eigenvalue weighted by molar-refractivity contribution is 0.163. The third-order valence-corrected chi connectivity index (χ3v) is 3.72. The summed E-state index contributed by atoms with van der Waals surface area (Å²) in [4.78, 5) is 0. The Hall–Kier alpha value is 0.120. The Labute approximate surface area is 104 Å². The van der Waals surface area contributed by atoms with Crippen LogP contribution in [0.2, 0.25) is 0 Å². The minimum Gasteiger partial charge on any atom is -0.381 e. The molecule has 98 valence electrons. The van der Waals surface area contributed by atoms with E-state index in [1.165, 1.54) is 0 Å². The maximum Gasteiger partial charge on any atom is 0.213 e. The highest BCUT2D eigenvalue weighted by Crippen LogP contribution is 2.03. The lowest BCUT2D eigenvalue weighted by Gasteiger charge is -2.11. The van der Waals surface area contributed by atoms with Gasteiger partial charge in [0.15, 0.2) is 0 Å². The molecule has 1 aliphatic rings. The van der Waals surface area contributed by atoms with Gasteiger partial charge < -0.3 is 10.1 Å². The van der Waals surface area contributed by atoms with Crippen LogP contribution in [-0.2, 0) is 14.8 Å². The number of hydrogen-bond acceptors (Lipinski definition) is 4. The zero-order chi connectivity index (χ0) is 11.1. The van der Waals surface area contributed by atoms with E-state index in [2.05, 4.69) is 10.0 Å². The molecule has 1 unspecified atom stereocenters. The van der Waals surface area contributed by atoms with E-state index in [0.29, 0.717) is 19.2 Å². The maximum absolute atomic E-state index is 11.4. The monoisotopic (exact) mass is 272 g/mol. The second-order valence-electron chi connectivity index (χ2n) is 3.66. The summed E-state index contributed by atoms with van der Waals surface area (Å²) in [5, 5.41) is 3.24. The van der Waals surface area contributed by atoms with Crippen LogP contribution in [0.15, 0.2) is 0 Å². The molecule has 0 bridgehead atoms. The van der Waals surface area contributed by atoms with Gasteiger partial charge in [0.25, 0.3) is 0 Å². The van der Waals surface area contributed by atoms with E-state index in [-0.39, 0.29) is 24.8 Å². The van der Waals surface area contributed by atoms with Crippen molar-refractivity contribution in [2.75, 3.05) is 32.1 Å². The summed E-state index contributed by atoms with van der Waals surface area (Å²) in [7, 11) is -3.16. The van der Waals surface area contributed by atoms with Crippen molar-refractivity contribution >= 4 is 22.4 Å². The first kappa shape index (κ1) is 16.1. The van der Waals surface area contributed by atoms with Gasteiger partial charge in [-0.2, -0.15) is 0 Å². The van der Waals surface area contributed by atoms with Crippen LogP contribution < -0.4 is 10.0 Å². The average molecular weight is 273 g/mol. The van der Waals surface area contributed by atoms with Crippen LogP contribution in [0.25, 0.3) is 0 Å². The molecule has 1 rings (SSSR count). The highest BCUT2D eigenvalue weighted by Gasteiger charge is 2.17. The second-order valence-corrected chi connectivity index (χ2v) is 5.58. The molecule has 0 saturated carbocycles. The summed E-state index contributed by atoms with van der Waals surface area (Å²) in [6, 6.07) is 0.298. The SMILES string of the molecule is CCOCCS(=O)(=O)NCC1CCCN1.Cl. The molecule has 2 N–H and O–H groups in total. The van der Waals surface area contributed by atoms with Crippen molar-refractivity contribution < 1.29 is 13.2 Å². The first-order valence-corrected chi connectivity index (χ1v) is 7.08. The van der Waals surface area contributed by atoms with Crippen LogP contribution in [-0.4, -0.2) is 46.5 Å². The molecule has 0 aromatic heterocycles. The largest absolute Gasteiger partial charge is 0.381 e. The molecular weight excluding hydrogens is 252 g/mol. The molecule has 7 heteroatoms. The van der Waals surface area contributed by atoms with Gasteiger partial charge in [0.05, 0.1) is 12.4 Å². The molecule has 1 fully saturated rings. The molecule has 1 aliphatic heterocycles. The fourth-order valence-corrected chi connectivity index (χ4v) is 2.48. The van der Waals surface area contributed by atoms with Gasteiger partial charge in [-0.25, -0.2) is 13.1 Å². The van der Waals surface area contributed by atoms with Gasteiger partial charge in [0, 0.05) is 19.2 Å². The summed E-state index contributed by atoms with van der Waals surface area (Å²) in [6.07, 6.45) is 2.18. The predicted octanol–water partition coefficient (Wildman–Crippen LogP) is 0.116. The zero-order valence-corrected chi connectivity index (χ0v) is 11.2. The van der Waals surface area contributed by atoms with E-state index >= 15 is 0 Å². The summed E-state index contributed by atoms with van der Waals surface area (Å²) < 4.78 is 30.5. The van der Waals surface area contributed by atoms with Crippen LogP contribution in [0.5, 0.6) is 0 Å². The van der Waals surface area contributed by atoms with Crippen LogP contribution in [0.4, 0.5) is 0 Å². The summed E-state index contributed by atoms with van der Waals surface area (Å²) >= 11 is 0. The van der Waals surface area contributed by atoms with Crippen molar-refractivity contribution in [2.24, 2.45) is 0 Å². The minimum absolute atomic E-state index is 0. The van der Waals surface area contributed by atoms with E-state index in [4.69, 9.17) is 4.74 Å². The standard InChI is InChI=1S/C9H20N2O3S.ClH/c1-2-14-6-7-15(12,13)11-8-9-4-3-5-10-9;/h9-11H,2-8H2,1H3;1H. The third kappa shape index (κ3) is 6.65. The van der Waals surface area contributed by atoms with Crippen LogP contribution in [0.1, 0.15) is 19.8 Å². The minimum atomic E-state index is -3.16. The van der Waals surface area contributed by atoms with E-state index in [0.717, 1.165) is 19.4 Å². The van der Waals surface area contributed by atoms with Gasteiger partial charge in [0.1, 0.15) is 0 Å². The molecule has 5 nitrogen and oxygen atoms in total. The Morgan fingerprint density at radius 3 is 2.81 bits per heavy atom. The summed E-state index contributed by atoms with van der Waals surface area (Å²) in [5.41, 5.74) is 0. The molecule has 0 aromatic carbocycles. The van der Waals surface area contributed by atoms with Crippen molar-refractivity contribution in [1.29, 1.82) is 0 Å². The molecule has 1 saturated heterocycles. The van der Waals surface area contributed by atoms with E-state index in [1.807, 2.05) is 6.92 Å². The summed E-state index contributed by atoms with van der Waals surface area (Å²) in [5.74, 6) is 0.0492. The van der Waals surface area contributed by atoms with Crippen molar-refractivity contribution in [3.8, 4) is 0 Å². The van der Waals surface area contributed by atoms with Gasteiger partial charge in [0.2, 0.25) is 10.0 Å². The first-order chi connectivity index (χ1) is 7.14. The van der Waals surface area contributed by atoms with Crippen molar-refractivity contribution in [3.05, 3.63) is 0 Å². The lowest BCUT2D eigenvalue weighted by atomic mass is 10.2. The highest BCUT2D eigenvalue weighted by atomic mass is 35.5. The van der Waals surface area contributed by atoms with Crippen molar-refractivity contribution in [3.63, 3.8) is 0 Å². The molecule has 1 atom stereocenters. The lowest BCUT2D eigenvalue weighted by Crippen LogP contribution is -2.38. The van der Waals surface area contributed by atoms with Crippen LogP contribution in [0, 0.1) is 0 Å². The smallest absolute Gasteiger partial charge is 0.213 e. The van der Waals surface area contributed by atoms with Gasteiger partial charge in [-0.15, -0.1) is 12.4 Å². The number of sulfonamides is 1. The molecule has 0 radical (unpaired) electrons. The maximum atomic E-state index is 11.4. The predicted molar refractivity (Wildman–Crippen MR) is 66.6 cm³/mol. The molecule has 1 heterocycles. The normalized spacial score (nSPS) is 20.7. The number of halogens is 1. The molecular formula is C9H21ClN2O3S. The number of nitrogens with one attached hydrogen (secondary N) is 2. The Balaban J connectivity index is 0.00000225. The van der Waals surface area contributed by atoms with Gasteiger partial charge in [-0.05, 0) is 26.3 Å². The third-order valence-electron chi connectivity index (χ3n) is 2.41. The quantitative estimate of drug-likeness (QED) is 0.646. The number of hydrogen-bond donors (Lipinski definition) is 2. The summed E-state index contributed by atoms with van der Waals surface area (Å²) in [6.45, 7) is 4.16. The Kier molecular flexibility index (Phi) is 8.31. The molecule has 0 aliphatic carbocycles. The van der Waals surface area contributed by atoms with E-state index < -0.39 is 10.0 Å². The van der Waals surface area contributed by atoms with Gasteiger partial charge in [-0.3, -0.25) is 0 Å². The molecule has 0 aromatic rings. The van der Waals surface area contributed by atoms with Crippen molar-refractivity contribution in [2.45, 2.75) is 25.8 Å². The first-order valence-electron chi connectivity index (χ1n) is 5.42. The molecule has 16 heavy (non-hydrogen) atoms. The topological polar surface area (TPSA) is 67.4 Å². The van der Waals surface area contributed by atoms with Crippen LogP contribution in [0.3, 0.4) is 0 Å². The highest BCUT2D eigenvalue weighted by molar-refractivity contribution is 7.89. The van der Waals surface area contributed by atoms with Crippen molar-refractivity contribution in [1.82, 2.24) is 10.0 Å². The fourth-order valence-electron chi connectivity index (χ4n) is 1.54. The van der Waals surface area contributed by atoms with E-state index in [1.54, 1.807) is 0 Å². The molecule has 0 amide bonds.